The number of H-pyrrole nitrogens is 1. The van der Waals surface area contributed by atoms with E-state index < -0.39 is 11.7 Å². The van der Waals surface area contributed by atoms with Crippen LogP contribution in [0, 0.1) is 19.7 Å². The first kappa shape index (κ1) is 28.7. The van der Waals surface area contributed by atoms with Gasteiger partial charge < -0.3 is 32.0 Å². The number of nitrogens with two attached hydrogens (primary N) is 1. The Kier molecular flexibility index (Phi) is 8.23. The Bertz CT molecular complexity index is 1780. The molecule has 1 aliphatic heterocycles. The predicted octanol–water partition coefficient (Wildman–Crippen LogP) is 3.62. The third kappa shape index (κ3) is 6.40. The first-order chi connectivity index (χ1) is 20.7. The van der Waals surface area contributed by atoms with Gasteiger partial charge in [0.05, 0.1) is 40.1 Å². The number of benzene rings is 2. The van der Waals surface area contributed by atoms with Gasteiger partial charge in [0, 0.05) is 30.5 Å². The van der Waals surface area contributed by atoms with Gasteiger partial charge in [0.1, 0.15) is 11.6 Å². The molecule has 5 rings (SSSR count). The van der Waals surface area contributed by atoms with Crippen molar-refractivity contribution in [3.05, 3.63) is 100 Å². The lowest BCUT2D eigenvalue weighted by molar-refractivity contribution is -0.110. The van der Waals surface area contributed by atoms with E-state index in [1.54, 1.807) is 50.2 Å². The Morgan fingerprint density at radius 1 is 1.07 bits per heavy atom. The molecule has 218 valence electrons. The highest BCUT2D eigenvalue weighted by Crippen LogP contribution is 2.24. The maximum atomic E-state index is 13.6. The second-order valence-electron chi connectivity index (χ2n) is 9.66. The third-order valence-corrected chi connectivity index (χ3v) is 6.70. The van der Waals surface area contributed by atoms with Crippen LogP contribution in [-0.2, 0) is 4.79 Å². The SMILES string of the molecule is Cc1[nH]c(/C=N/N=C2\C(=O)Nc3ccc(F)cc32)c(C)c1C(=O)NCCNc1ccc(C(=O)Nc2ccccc2N)cn1. The monoisotopic (exact) mass is 581 g/mol. The first-order valence-corrected chi connectivity index (χ1v) is 13.3. The van der Waals surface area contributed by atoms with Crippen molar-refractivity contribution in [2.75, 3.05) is 34.8 Å². The number of anilines is 4. The van der Waals surface area contributed by atoms with Gasteiger partial charge in [0.2, 0.25) is 0 Å². The number of carbonyl (C=O) groups excluding carboxylic acids is 3. The average Bonchev–Trinajstić information content (AvgIpc) is 3.45. The van der Waals surface area contributed by atoms with Gasteiger partial charge in [-0.1, -0.05) is 12.1 Å². The Labute approximate surface area is 245 Å². The van der Waals surface area contributed by atoms with Crippen LogP contribution < -0.4 is 27.0 Å². The van der Waals surface area contributed by atoms with Crippen LogP contribution in [0.25, 0.3) is 0 Å². The van der Waals surface area contributed by atoms with Crippen LogP contribution >= 0.6 is 0 Å². The molecular weight excluding hydrogens is 553 g/mol. The Hall–Kier alpha value is -5.85. The summed E-state index contributed by atoms with van der Waals surface area (Å²) < 4.78 is 13.6. The van der Waals surface area contributed by atoms with Gasteiger partial charge in [-0.2, -0.15) is 5.10 Å². The average molecular weight is 582 g/mol. The number of nitrogens with one attached hydrogen (secondary N) is 5. The topological polar surface area (TPSA) is 179 Å². The largest absolute Gasteiger partial charge is 0.397 e. The first-order valence-electron chi connectivity index (χ1n) is 13.3. The standard InChI is InChI=1S/C30H28FN9O3/c1-16-24(15-36-40-27-20-13-19(31)8-9-22(20)38-30(27)43)37-17(2)26(16)29(42)34-12-11-33-25-10-7-18(14-35-25)28(41)39-23-6-4-3-5-21(23)32/h3-10,13-15,37H,11-12,32H2,1-2H3,(H,33,35)(H,34,42)(H,39,41)(H,38,40,43)/b36-15+. The highest BCUT2D eigenvalue weighted by atomic mass is 19.1. The van der Waals surface area contributed by atoms with Crippen molar-refractivity contribution in [1.82, 2.24) is 15.3 Å². The van der Waals surface area contributed by atoms with Crippen LogP contribution in [0.5, 0.6) is 0 Å². The highest BCUT2D eigenvalue weighted by molar-refractivity contribution is 6.53. The number of aryl methyl sites for hydroxylation is 1. The number of halogens is 1. The molecule has 0 bridgehead atoms. The number of pyridine rings is 1. The van der Waals surface area contributed by atoms with Gasteiger partial charge in [-0.25, -0.2) is 9.37 Å². The molecule has 0 atom stereocenters. The van der Waals surface area contributed by atoms with Crippen LogP contribution in [0.3, 0.4) is 0 Å². The third-order valence-electron chi connectivity index (χ3n) is 6.70. The van der Waals surface area contributed by atoms with E-state index in [0.29, 0.717) is 69.6 Å². The summed E-state index contributed by atoms with van der Waals surface area (Å²) in [6.07, 6.45) is 2.86. The fraction of sp³-hybridized carbons (Fsp3) is 0.133. The summed E-state index contributed by atoms with van der Waals surface area (Å²) in [7, 11) is 0. The maximum Gasteiger partial charge on any atom is 0.276 e. The number of carbonyl (C=O) groups is 3. The number of amides is 3. The molecule has 0 unspecified atom stereocenters. The van der Waals surface area contributed by atoms with E-state index >= 15 is 0 Å². The number of hydrogen-bond donors (Lipinski definition) is 6. The lowest BCUT2D eigenvalue weighted by atomic mass is 10.1. The Balaban J connectivity index is 1.13. The molecule has 0 spiro atoms. The molecule has 0 saturated carbocycles. The van der Waals surface area contributed by atoms with Crippen molar-refractivity contribution < 1.29 is 18.8 Å². The van der Waals surface area contributed by atoms with E-state index in [4.69, 9.17) is 5.73 Å². The Morgan fingerprint density at radius 3 is 2.65 bits per heavy atom. The number of rotatable bonds is 9. The van der Waals surface area contributed by atoms with Gasteiger partial charge in [-0.05, 0) is 61.9 Å². The lowest BCUT2D eigenvalue weighted by Gasteiger charge is -2.10. The second-order valence-corrected chi connectivity index (χ2v) is 9.66. The summed E-state index contributed by atoms with van der Waals surface area (Å²) in [4.78, 5) is 44.9. The van der Waals surface area contributed by atoms with Crippen LogP contribution in [0.15, 0.2) is 71.0 Å². The van der Waals surface area contributed by atoms with E-state index in [9.17, 15) is 18.8 Å². The van der Waals surface area contributed by atoms with Crippen molar-refractivity contribution >= 4 is 52.5 Å². The number of aromatic amines is 1. The second kappa shape index (κ2) is 12.3. The van der Waals surface area contributed by atoms with Crippen LogP contribution in [0.4, 0.5) is 27.3 Å². The van der Waals surface area contributed by atoms with Gasteiger partial charge in [-0.3, -0.25) is 14.4 Å². The van der Waals surface area contributed by atoms with Gasteiger partial charge >= 0.3 is 0 Å². The van der Waals surface area contributed by atoms with E-state index in [1.807, 2.05) is 0 Å². The van der Waals surface area contributed by atoms with Crippen molar-refractivity contribution in [2.45, 2.75) is 13.8 Å². The van der Waals surface area contributed by atoms with Gasteiger partial charge in [0.15, 0.2) is 5.71 Å². The molecule has 0 fully saturated rings. The summed E-state index contributed by atoms with van der Waals surface area (Å²) in [5.74, 6) is -1.03. The summed E-state index contributed by atoms with van der Waals surface area (Å²) in [5.41, 5.74) is 10.3. The lowest BCUT2D eigenvalue weighted by Crippen LogP contribution is -2.29. The minimum Gasteiger partial charge on any atom is -0.397 e. The molecule has 2 aromatic carbocycles. The predicted molar refractivity (Wildman–Crippen MR) is 163 cm³/mol. The number of fused-ring (bicyclic) bond motifs is 1. The molecule has 1 aliphatic rings. The van der Waals surface area contributed by atoms with Gasteiger partial charge in [-0.15, -0.1) is 5.10 Å². The molecule has 13 heteroatoms. The normalized spacial score (nSPS) is 13.2. The van der Waals surface area contributed by atoms with E-state index in [1.165, 1.54) is 30.6 Å². The summed E-state index contributed by atoms with van der Waals surface area (Å²) in [5, 5.41) is 19.3. The molecular formula is C30H28FN9O3. The van der Waals surface area contributed by atoms with Crippen molar-refractivity contribution in [3.8, 4) is 0 Å². The van der Waals surface area contributed by atoms with Crippen molar-refractivity contribution in [2.24, 2.45) is 10.2 Å². The number of para-hydroxylation sites is 2. The number of hydrogen-bond acceptors (Lipinski definition) is 8. The molecule has 7 N–H and O–H groups in total. The van der Waals surface area contributed by atoms with Crippen LogP contribution in [-0.4, -0.2) is 52.7 Å². The fourth-order valence-corrected chi connectivity index (χ4v) is 4.51. The van der Waals surface area contributed by atoms with Crippen LogP contribution in [0.2, 0.25) is 0 Å². The van der Waals surface area contributed by atoms with Crippen molar-refractivity contribution in [3.63, 3.8) is 0 Å². The zero-order valence-corrected chi connectivity index (χ0v) is 23.3. The zero-order chi connectivity index (χ0) is 30.5. The Morgan fingerprint density at radius 2 is 1.88 bits per heavy atom. The molecule has 4 aromatic rings. The molecule has 0 aliphatic carbocycles. The summed E-state index contributed by atoms with van der Waals surface area (Å²) in [6.45, 7) is 4.23. The minimum atomic E-state index is -0.488. The molecule has 43 heavy (non-hydrogen) atoms. The summed E-state index contributed by atoms with van der Waals surface area (Å²) >= 11 is 0. The zero-order valence-electron chi connectivity index (χ0n) is 23.3. The van der Waals surface area contributed by atoms with E-state index in [0.717, 1.165) is 0 Å². The summed E-state index contributed by atoms with van der Waals surface area (Å²) in [6, 6.07) is 14.2. The maximum absolute atomic E-state index is 13.6. The smallest absolute Gasteiger partial charge is 0.276 e. The molecule has 0 radical (unpaired) electrons. The number of aromatic nitrogens is 2. The molecule has 3 amide bonds. The highest BCUT2D eigenvalue weighted by Gasteiger charge is 2.26. The van der Waals surface area contributed by atoms with E-state index in [2.05, 4.69) is 41.4 Å². The number of nitrogen functional groups attached to an aromatic ring is 1. The van der Waals surface area contributed by atoms with Crippen LogP contribution in [0.1, 0.15) is 43.2 Å². The molecule has 0 saturated heterocycles. The van der Waals surface area contributed by atoms with E-state index in [-0.39, 0.29) is 17.5 Å². The quantitative estimate of drug-likeness (QED) is 0.0760. The molecule has 12 nitrogen and oxygen atoms in total. The minimum absolute atomic E-state index is 0.00177. The molecule has 2 aromatic heterocycles. The van der Waals surface area contributed by atoms with Gasteiger partial charge in [0.25, 0.3) is 17.7 Å². The fourth-order valence-electron chi connectivity index (χ4n) is 4.51. The molecule has 3 heterocycles. The number of nitrogens with zero attached hydrogens (tertiary/aromatic N) is 3. The van der Waals surface area contributed by atoms with Crippen molar-refractivity contribution in [1.29, 1.82) is 0 Å².